The minimum Gasteiger partial charge on any atom is -1.00 e. The van der Waals surface area contributed by atoms with Crippen molar-refractivity contribution in [3.05, 3.63) is 89.7 Å². The third-order valence-electron chi connectivity index (χ3n) is 5.00. The normalized spacial score (nSPS) is 11.4. The van der Waals surface area contributed by atoms with Gasteiger partial charge in [0.15, 0.2) is 12.4 Å². The topological polar surface area (TPSA) is 62.1 Å². The number of hydrogen-bond donors (Lipinski definition) is 2. The van der Waals surface area contributed by atoms with Crippen LogP contribution in [0.4, 0.5) is 29.3 Å². The van der Waals surface area contributed by atoms with E-state index in [0.29, 0.717) is 11.3 Å². The van der Waals surface area contributed by atoms with Crippen LogP contribution in [-0.4, -0.2) is 11.8 Å². The van der Waals surface area contributed by atoms with Crippen LogP contribution in [0.3, 0.4) is 0 Å². The van der Waals surface area contributed by atoms with Crippen LogP contribution in [0, 0.1) is 0 Å². The van der Waals surface area contributed by atoms with E-state index in [0.717, 1.165) is 12.1 Å². The Bertz CT molecular complexity index is 1140. The summed E-state index contributed by atoms with van der Waals surface area (Å²) in [6.45, 7) is 6.53. The lowest BCUT2D eigenvalue weighted by Gasteiger charge is -2.17. The average Bonchev–Trinajstić information content (AvgIpc) is 2.73. The second-order valence-electron chi connectivity index (χ2n) is 8.67. The smallest absolute Gasteiger partial charge is 0.416 e. The van der Waals surface area contributed by atoms with Gasteiger partial charge in [-0.15, -0.1) is 0 Å². The summed E-state index contributed by atoms with van der Waals surface area (Å²) >= 11 is 0. The number of urea groups is 1. The molecule has 0 bridgehead atoms. The number of rotatable bonds is 5. The van der Waals surface area contributed by atoms with Gasteiger partial charge in [-0.3, -0.25) is 4.79 Å². The van der Waals surface area contributed by atoms with Crippen LogP contribution in [0.25, 0.3) is 0 Å². The molecule has 0 aliphatic carbocycles. The molecule has 180 valence electrons. The fourth-order valence-electron chi connectivity index (χ4n) is 3.13. The first-order valence-corrected chi connectivity index (χ1v) is 10.3. The second kappa shape index (κ2) is 10.8. The quantitative estimate of drug-likeness (QED) is 0.390. The van der Waals surface area contributed by atoms with E-state index in [-0.39, 0.29) is 40.4 Å². The summed E-state index contributed by atoms with van der Waals surface area (Å²) < 4.78 is 40.2. The number of pyridine rings is 1. The summed E-state index contributed by atoms with van der Waals surface area (Å²) in [6, 6.07) is 13.9. The van der Waals surface area contributed by atoms with Gasteiger partial charge in [0, 0.05) is 29.1 Å². The number of anilines is 2. The van der Waals surface area contributed by atoms with Gasteiger partial charge in [-0.2, -0.15) is 17.7 Å². The van der Waals surface area contributed by atoms with E-state index in [1.165, 1.54) is 17.7 Å². The third kappa shape index (κ3) is 7.41. The van der Waals surface area contributed by atoms with Crippen LogP contribution < -0.4 is 32.2 Å². The number of halogens is 4. The predicted octanol–water partition coefficient (Wildman–Crippen LogP) is 2.82. The molecule has 0 unspecified atom stereocenters. The number of carbonyl (C=O) groups is 2. The Labute approximate surface area is 206 Å². The van der Waals surface area contributed by atoms with Crippen LogP contribution in [0.1, 0.15) is 42.3 Å². The molecule has 0 aliphatic heterocycles. The zero-order valence-corrected chi connectivity index (χ0v) is 20.5. The SMILES string of the molecule is CC(C)(C)c1cc[n+](CC(=O)c2ccc(NC(=O)Nc3cccc(C(F)(F)F)c3)cc2)cc1.[Br-]. The molecule has 0 aliphatic rings. The number of benzene rings is 2. The molecule has 0 saturated heterocycles. The maximum atomic E-state index is 12.8. The van der Waals surface area contributed by atoms with Crippen molar-refractivity contribution in [3.8, 4) is 0 Å². The molecule has 0 saturated carbocycles. The van der Waals surface area contributed by atoms with Gasteiger partial charge < -0.3 is 27.6 Å². The molecule has 34 heavy (non-hydrogen) atoms. The van der Waals surface area contributed by atoms with Crippen LogP contribution >= 0.6 is 0 Å². The number of hydrogen-bond acceptors (Lipinski definition) is 2. The van der Waals surface area contributed by atoms with Crippen molar-refractivity contribution in [2.24, 2.45) is 0 Å². The lowest BCUT2D eigenvalue weighted by atomic mass is 9.88. The number of nitrogens with zero attached hydrogens (tertiary/aromatic N) is 1. The zero-order valence-electron chi connectivity index (χ0n) is 18.9. The van der Waals surface area contributed by atoms with Gasteiger partial charge in [0.2, 0.25) is 12.3 Å². The third-order valence-corrected chi connectivity index (χ3v) is 5.00. The van der Waals surface area contributed by atoms with Crippen molar-refractivity contribution < 1.29 is 44.3 Å². The molecule has 1 heterocycles. The largest absolute Gasteiger partial charge is 1.00 e. The minimum atomic E-state index is -4.50. The Morgan fingerprint density at radius 1 is 0.824 bits per heavy atom. The van der Waals surface area contributed by atoms with Gasteiger partial charge in [0.1, 0.15) is 0 Å². The molecule has 0 fully saturated rings. The van der Waals surface area contributed by atoms with Crippen LogP contribution in [0.2, 0.25) is 0 Å². The van der Waals surface area contributed by atoms with E-state index in [9.17, 15) is 22.8 Å². The molecule has 3 aromatic rings. The number of amides is 2. The zero-order chi connectivity index (χ0) is 24.2. The van der Waals surface area contributed by atoms with E-state index in [4.69, 9.17) is 0 Å². The van der Waals surface area contributed by atoms with E-state index < -0.39 is 17.8 Å². The van der Waals surface area contributed by atoms with Crippen LogP contribution in [0.15, 0.2) is 73.1 Å². The summed E-state index contributed by atoms with van der Waals surface area (Å²) in [4.78, 5) is 24.7. The molecule has 0 atom stereocenters. The number of aromatic nitrogens is 1. The Morgan fingerprint density at radius 2 is 1.41 bits per heavy atom. The number of alkyl halides is 3. The van der Waals surface area contributed by atoms with Crippen molar-refractivity contribution in [1.82, 2.24) is 0 Å². The molecule has 2 aromatic carbocycles. The Hall–Kier alpha value is -3.20. The lowest BCUT2D eigenvalue weighted by molar-refractivity contribution is -0.683. The molecule has 0 radical (unpaired) electrons. The molecular weight excluding hydrogens is 511 g/mol. The molecule has 9 heteroatoms. The molecule has 5 nitrogen and oxygen atoms in total. The number of nitrogens with one attached hydrogen (secondary N) is 2. The summed E-state index contributed by atoms with van der Waals surface area (Å²) in [5.41, 5.74) is 1.24. The van der Waals surface area contributed by atoms with Crippen molar-refractivity contribution in [2.45, 2.75) is 38.9 Å². The monoisotopic (exact) mass is 535 g/mol. The summed E-state index contributed by atoms with van der Waals surface area (Å²) in [5, 5.41) is 4.90. The number of carbonyl (C=O) groups excluding carboxylic acids is 2. The molecule has 1 aromatic heterocycles. The van der Waals surface area contributed by atoms with Crippen LogP contribution in [-0.2, 0) is 18.1 Å². The highest BCUT2D eigenvalue weighted by Crippen LogP contribution is 2.30. The molecule has 2 amide bonds. The van der Waals surface area contributed by atoms with E-state index >= 15 is 0 Å². The molecule has 2 N–H and O–H groups in total. The number of Topliss-reactive ketones (excluding diaryl/α,β-unsaturated/α-hetero) is 1. The van der Waals surface area contributed by atoms with E-state index in [2.05, 4.69) is 31.4 Å². The van der Waals surface area contributed by atoms with Crippen molar-refractivity contribution in [3.63, 3.8) is 0 Å². The van der Waals surface area contributed by atoms with Crippen molar-refractivity contribution >= 4 is 23.2 Å². The maximum Gasteiger partial charge on any atom is 0.416 e. The highest BCUT2D eigenvalue weighted by Gasteiger charge is 2.30. The van der Waals surface area contributed by atoms with Gasteiger partial charge in [-0.25, -0.2) is 4.79 Å². The van der Waals surface area contributed by atoms with Gasteiger partial charge in [0.25, 0.3) is 0 Å². The Morgan fingerprint density at radius 3 is 1.97 bits per heavy atom. The van der Waals surface area contributed by atoms with Gasteiger partial charge in [-0.1, -0.05) is 26.8 Å². The first-order valence-electron chi connectivity index (χ1n) is 10.3. The molecule has 3 rings (SSSR count). The van der Waals surface area contributed by atoms with Gasteiger partial charge in [-0.05, 0) is 53.4 Å². The Balaban J connectivity index is 0.00000408. The lowest BCUT2D eigenvalue weighted by Crippen LogP contribution is -3.00. The summed E-state index contributed by atoms with van der Waals surface area (Å²) in [5.74, 6) is -0.0940. The Kier molecular flexibility index (Phi) is 8.61. The van der Waals surface area contributed by atoms with Crippen LogP contribution in [0.5, 0.6) is 0 Å². The van der Waals surface area contributed by atoms with Gasteiger partial charge >= 0.3 is 12.2 Å². The fourth-order valence-corrected chi connectivity index (χ4v) is 3.13. The predicted molar refractivity (Wildman–Crippen MR) is 120 cm³/mol. The standard InChI is InChI=1S/C25H24F3N3O2.BrH/c1-24(2,3)18-11-13-31(14-12-18)16-22(32)17-7-9-20(10-8-17)29-23(33)30-21-6-4-5-19(15-21)25(26,27)28;/h4-15H,16H2,1-3H3,(H-,29,30,32,33);1H. The minimum absolute atomic E-state index is 0. The summed E-state index contributed by atoms with van der Waals surface area (Å²) in [7, 11) is 0. The molecule has 0 spiro atoms. The highest BCUT2D eigenvalue weighted by molar-refractivity contribution is 6.00. The number of ketones is 1. The van der Waals surface area contributed by atoms with Gasteiger partial charge in [0.05, 0.1) is 5.56 Å². The maximum absolute atomic E-state index is 12.8. The first-order chi connectivity index (χ1) is 15.4. The first kappa shape index (κ1) is 27.0. The second-order valence-corrected chi connectivity index (χ2v) is 8.67. The fraction of sp³-hybridized carbons (Fsp3) is 0.240. The van der Waals surface area contributed by atoms with E-state index in [1.54, 1.807) is 28.8 Å². The van der Waals surface area contributed by atoms with E-state index in [1.807, 2.05) is 24.5 Å². The van der Waals surface area contributed by atoms with Crippen molar-refractivity contribution in [2.75, 3.05) is 10.6 Å². The summed E-state index contributed by atoms with van der Waals surface area (Å²) in [6.07, 6.45) is -0.761. The highest BCUT2D eigenvalue weighted by atomic mass is 79.9. The average molecular weight is 536 g/mol. The van der Waals surface area contributed by atoms with Crippen molar-refractivity contribution in [1.29, 1.82) is 0 Å². The molecular formula is C25H25BrF3N3O2.